The molecule has 0 spiro atoms. The van der Waals surface area contributed by atoms with Crippen LogP contribution in [0.1, 0.15) is 44.4 Å². The molecule has 4 rings (SSSR count). The monoisotopic (exact) mass is 551 g/mol. The molecule has 40 heavy (non-hydrogen) atoms. The standard InChI is InChI=1S/C28H37N7O5/c1-3-16(2)24(27(38)34-23(28(39)40)11-17-13-31-20-8-5-4-7-19(17)20)35-26(37)22(12-18-14-29-15-32-18)33-25(36)21-9-6-10-30-21/h4-5,7-8,13-16,21-24,30-31H,3,6,9-12H2,1-2H3,(H,29,32)(H,33,36)(H,34,38)(H,35,37)(H,39,40). The molecule has 12 nitrogen and oxygen atoms in total. The number of nitrogens with one attached hydrogen (secondary N) is 6. The van der Waals surface area contributed by atoms with Crippen LogP contribution in [0.4, 0.5) is 0 Å². The Morgan fingerprint density at radius 1 is 1.05 bits per heavy atom. The maximum Gasteiger partial charge on any atom is 0.326 e. The number of benzene rings is 1. The van der Waals surface area contributed by atoms with Gasteiger partial charge in [-0.25, -0.2) is 9.78 Å². The average molecular weight is 552 g/mol. The number of aromatic amines is 2. The first-order valence-corrected chi connectivity index (χ1v) is 13.7. The number of hydrogen-bond acceptors (Lipinski definition) is 6. The first-order valence-electron chi connectivity index (χ1n) is 13.7. The van der Waals surface area contributed by atoms with E-state index in [0.29, 0.717) is 18.5 Å². The Labute approximate surface area is 232 Å². The van der Waals surface area contributed by atoms with Crippen LogP contribution in [0.5, 0.6) is 0 Å². The lowest BCUT2D eigenvalue weighted by Crippen LogP contribution is -2.59. The first-order chi connectivity index (χ1) is 19.3. The Morgan fingerprint density at radius 3 is 2.52 bits per heavy atom. The molecule has 5 unspecified atom stereocenters. The molecule has 1 aliphatic heterocycles. The fourth-order valence-electron chi connectivity index (χ4n) is 4.94. The van der Waals surface area contributed by atoms with Gasteiger partial charge in [0.15, 0.2) is 0 Å². The molecule has 3 heterocycles. The molecule has 1 saturated heterocycles. The van der Waals surface area contributed by atoms with Crippen LogP contribution in [0.3, 0.4) is 0 Å². The van der Waals surface area contributed by atoms with Crippen LogP contribution in [0.25, 0.3) is 10.9 Å². The third-order valence-corrected chi connectivity index (χ3v) is 7.50. The van der Waals surface area contributed by atoms with Crippen LogP contribution >= 0.6 is 0 Å². The zero-order valence-electron chi connectivity index (χ0n) is 22.7. The van der Waals surface area contributed by atoms with E-state index in [-0.39, 0.29) is 30.7 Å². The molecule has 7 N–H and O–H groups in total. The number of hydrogen-bond donors (Lipinski definition) is 7. The molecule has 0 aliphatic carbocycles. The number of imidazole rings is 1. The highest BCUT2D eigenvalue weighted by Gasteiger charge is 2.34. The predicted octanol–water partition coefficient (Wildman–Crippen LogP) is 1.01. The summed E-state index contributed by atoms with van der Waals surface area (Å²) >= 11 is 0. The second kappa shape index (κ2) is 13.2. The fourth-order valence-corrected chi connectivity index (χ4v) is 4.94. The molecular formula is C28H37N7O5. The average Bonchev–Trinajstić information content (AvgIpc) is 3.73. The van der Waals surface area contributed by atoms with E-state index < -0.39 is 35.9 Å². The summed E-state index contributed by atoms with van der Waals surface area (Å²) in [6, 6.07) is 3.97. The van der Waals surface area contributed by atoms with Gasteiger partial charge in [-0.3, -0.25) is 14.4 Å². The van der Waals surface area contributed by atoms with Gasteiger partial charge in [0, 0.05) is 41.8 Å². The summed E-state index contributed by atoms with van der Waals surface area (Å²) in [5.74, 6) is -2.90. The van der Waals surface area contributed by atoms with E-state index in [2.05, 4.69) is 36.2 Å². The second-order valence-corrected chi connectivity index (χ2v) is 10.3. The van der Waals surface area contributed by atoms with Gasteiger partial charge in [0.1, 0.15) is 18.1 Å². The van der Waals surface area contributed by atoms with Crippen LogP contribution in [0.15, 0.2) is 43.0 Å². The minimum atomic E-state index is -1.20. The van der Waals surface area contributed by atoms with Gasteiger partial charge in [0.05, 0.1) is 12.4 Å². The van der Waals surface area contributed by atoms with Gasteiger partial charge in [-0.05, 0) is 36.9 Å². The number of carboxylic acids is 1. The molecule has 1 aromatic carbocycles. The van der Waals surface area contributed by atoms with Crippen LogP contribution in [-0.4, -0.2) is 74.5 Å². The van der Waals surface area contributed by atoms with Crippen LogP contribution < -0.4 is 21.3 Å². The van der Waals surface area contributed by atoms with Crippen LogP contribution in [0, 0.1) is 5.92 Å². The molecule has 0 saturated carbocycles. The zero-order chi connectivity index (χ0) is 28.6. The number of aromatic nitrogens is 3. The number of H-pyrrole nitrogens is 2. The van der Waals surface area contributed by atoms with E-state index in [1.165, 1.54) is 6.33 Å². The van der Waals surface area contributed by atoms with Crippen molar-refractivity contribution in [3.63, 3.8) is 0 Å². The maximum atomic E-state index is 13.5. The Kier molecular flexibility index (Phi) is 9.54. The largest absolute Gasteiger partial charge is 0.480 e. The van der Waals surface area contributed by atoms with Gasteiger partial charge in [0.2, 0.25) is 17.7 Å². The molecule has 1 aliphatic rings. The molecule has 5 atom stereocenters. The third kappa shape index (κ3) is 7.06. The highest BCUT2D eigenvalue weighted by atomic mass is 16.4. The lowest BCUT2D eigenvalue weighted by Gasteiger charge is -2.28. The van der Waals surface area contributed by atoms with Gasteiger partial charge in [-0.1, -0.05) is 38.5 Å². The smallest absolute Gasteiger partial charge is 0.326 e. The second-order valence-electron chi connectivity index (χ2n) is 10.3. The van der Waals surface area contributed by atoms with Gasteiger partial charge >= 0.3 is 5.97 Å². The van der Waals surface area contributed by atoms with Crippen molar-refractivity contribution in [3.05, 3.63) is 54.2 Å². The highest BCUT2D eigenvalue weighted by molar-refractivity contribution is 5.94. The molecule has 12 heteroatoms. The Bertz CT molecular complexity index is 1320. The highest BCUT2D eigenvalue weighted by Crippen LogP contribution is 2.19. The van der Waals surface area contributed by atoms with Crippen molar-refractivity contribution in [2.75, 3.05) is 6.54 Å². The van der Waals surface area contributed by atoms with Crippen LogP contribution in [0.2, 0.25) is 0 Å². The summed E-state index contributed by atoms with van der Waals surface area (Å²) < 4.78 is 0. The molecule has 0 radical (unpaired) electrons. The number of rotatable bonds is 13. The van der Waals surface area contributed by atoms with Gasteiger partial charge < -0.3 is 36.3 Å². The SMILES string of the molecule is CCC(C)C(NC(=O)C(Cc1cnc[nH]1)NC(=O)C1CCCN1)C(=O)NC(Cc1c[nH]c2ccccc12)C(=O)O. The number of carbonyl (C=O) groups is 4. The van der Waals surface area contributed by atoms with Gasteiger partial charge in [-0.15, -0.1) is 0 Å². The quantitative estimate of drug-likeness (QED) is 0.165. The van der Waals surface area contributed by atoms with E-state index in [1.54, 1.807) is 12.4 Å². The van der Waals surface area contributed by atoms with E-state index in [9.17, 15) is 24.3 Å². The zero-order valence-corrected chi connectivity index (χ0v) is 22.7. The summed E-state index contributed by atoms with van der Waals surface area (Å²) in [6.45, 7) is 4.42. The molecule has 214 valence electrons. The van der Waals surface area contributed by atoms with Crippen LogP contribution in [-0.2, 0) is 32.0 Å². The molecular weight excluding hydrogens is 514 g/mol. The molecule has 1 fully saturated rings. The van der Waals surface area contributed by atoms with E-state index in [0.717, 1.165) is 29.4 Å². The number of para-hydroxylation sites is 1. The number of nitrogens with zero attached hydrogens (tertiary/aromatic N) is 1. The summed E-state index contributed by atoms with van der Waals surface area (Å²) in [5.41, 5.74) is 2.28. The minimum absolute atomic E-state index is 0.0686. The van der Waals surface area contributed by atoms with E-state index in [4.69, 9.17) is 0 Å². The van der Waals surface area contributed by atoms with Gasteiger partial charge in [0.25, 0.3) is 0 Å². The van der Waals surface area contributed by atoms with E-state index >= 15 is 0 Å². The maximum absolute atomic E-state index is 13.5. The topological polar surface area (TPSA) is 181 Å². The lowest BCUT2D eigenvalue weighted by molar-refractivity contribution is -0.142. The molecule has 0 bridgehead atoms. The number of carbonyl (C=O) groups excluding carboxylic acids is 3. The molecule has 3 amide bonds. The number of aliphatic carboxylic acids is 1. The number of amides is 3. The number of fused-ring (bicyclic) bond motifs is 1. The van der Waals surface area contributed by atoms with Crippen molar-refractivity contribution in [3.8, 4) is 0 Å². The van der Waals surface area contributed by atoms with Crippen molar-refractivity contribution in [1.29, 1.82) is 0 Å². The van der Waals surface area contributed by atoms with E-state index in [1.807, 2.05) is 38.1 Å². The summed E-state index contributed by atoms with van der Waals surface area (Å²) in [6.07, 6.45) is 7.12. The first kappa shape index (κ1) is 28.8. The number of carboxylic acid groups (broad SMARTS) is 1. The predicted molar refractivity (Wildman–Crippen MR) is 148 cm³/mol. The van der Waals surface area contributed by atoms with Crippen molar-refractivity contribution >= 4 is 34.6 Å². The van der Waals surface area contributed by atoms with Crippen molar-refractivity contribution in [2.45, 2.75) is 70.1 Å². The minimum Gasteiger partial charge on any atom is -0.480 e. The van der Waals surface area contributed by atoms with Crippen molar-refractivity contribution < 1.29 is 24.3 Å². The summed E-state index contributed by atoms with van der Waals surface area (Å²) in [5, 5.41) is 22.1. The van der Waals surface area contributed by atoms with Crippen molar-refractivity contribution in [2.24, 2.45) is 5.92 Å². The Morgan fingerprint density at radius 2 is 1.85 bits per heavy atom. The Balaban J connectivity index is 1.48. The Hall–Kier alpha value is -4.19. The lowest BCUT2D eigenvalue weighted by atomic mass is 9.96. The third-order valence-electron chi connectivity index (χ3n) is 7.50. The fraction of sp³-hybridized carbons (Fsp3) is 0.464. The summed E-state index contributed by atoms with van der Waals surface area (Å²) in [7, 11) is 0. The molecule has 2 aromatic heterocycles. The summed E-state index contributed by atoms with van der Waals surface area (Å²) in [4.78, 5) is 62.0. The van der Waals surface area contributed by atoms with Gasteiger partial charge in [-0.2, -0.15) is 0 Å². The van der Waals surface area contributed by atoms with Crippen molar-refractivity contribution in [1.82, 2.24) is 36.2 Å². The molecule has 3 aromatic rings. The normalized spacial score (nSPS) is 18.0.